The monoisotopic (exact) mass is 203 g/mol. The quantitative estimate of drug-likeness (QED) is 0.766. The first kappa shape index (κ1) is 9.96. The fraction of sp³-hybridized carbons (Fsp3) is 0.364. The van der Waals surface area contributed by atoms with Crippen molar-refractivity contribution < 1.29 is 4.79 Å². The van der Waals surface area contributed by atoms with Gasteiger partial charge in [0.2, 0.25) is 5.91 Å². The summed E-state index contributed by atoms with van der Waals surface area (Å²) in [6, 6.07) is 3.52. The van der Waals surface area contributed by atoms with Gasteiger partial charge in [-0.25, -0.2) is 0 Å². The Bertz CT molecular complexity index is 339. The lowest BCUT2D eigenvalue weighted by Gasteiger charge is -2.35. The van der Waals surface area contributed by atoms with Crippen LogP contribution in [0.25, 0.3) is 0 Å². The van der Waals surface area contributed by atoms with Gasteiger partial charge in [-0.15, -0.1) is 0 Å². The van der Waals surface area contributed by atoms with E-state index in [2.05, 4.69) is 11.4 Å². The van der Waals surface area contributed by atoms with Crippen LogP contribution in [0.1, 0.15) is 12.8 Å². The van der Waals surface area contributed by atoms with Crippen LogP contribution < -0.4 is 10.6 Å². The van der Waals surface area contributed by atoms with E-state index in [-0.39, 0.29) is 11.9 Å². The van der Waals surface area contributed by atoms with Gasteiger partial charge < -0.3 is 10.6 Å². The fourth-order valence-corrected chi connectivity index (χ4v) is 1.80. The van der Waals surface area contributed by atoms with E-state index in [1.807, 2.05) is 17.0 Å². The number of aromatic nitrogens is 1. The van der Waals surface area contributed by atoms with Crippen LogP contribution in [-0.2, 0) is 4.79 Å². The summed E-state index contributed by atoms with van der Waals surface area (Å²) in [6.45, 7) is 0.789. The molecule has 0 aliphatic carbocycles. The smallest absolute Gasteiger partial charge is 0.240 e. The number of rotatable bonds is 2. The molecule has 15 heavy (non-hydrogen) atoms. The van der Waals surface area contributed by atoms with Crippen molar-refractivity contribution in [3.05, 3.63) is 30.9 Å². The largest absolute Gasteiger partial charge is 0.368 e. The molecule has 0 saturated carbocycles. The molecule has 1 aliphatic rings. The van der Waals surface area contributed by atoms with Gasteiger partial charge in [0.05, 0.1) is 0 Å². The molecule has 1 saturated heterocycles. The first-order chi connectivity index (χ1) is 7.29. The van der Waals surface area contributed by atoms with E-state index in [4.69, 9.17) is 5.73 Å². The van der Waals surface area contributed by atoms with Crippen LogP contribution in [0, 0.1) is 6.42 Å². The lowest BCUT2D eigenvalue weighted by molar-refractivity contribution is -0.119. The van der Waals surface area contributed by atoms with Gasteiger partial charge in [-0.3, -0.25) is 9.78 Å². The van der Waals surface area contributed by atoms with E-state index in [0.717, 1.165) is 18.7 Å². The Balaban J connectivity index is 2.22. The third kappa shape index (κ3) is 2.09. The molecular weight excluding hydrogens is 190 g/mol. The van der Waals surface area contributed by atoms with Crippen molar-refractivity contribution in [2.45, 2.75) is 18.9 Å². The average Bonchev–Trinajstić information content (AvgIpc) is 2.30. The van der Waals surface area contributed by atoms with Crippen LogP contribution in [0.5, 0.6) is 0 Å². The Kier molecular flexibility index (Phi) is 2.85. The Morgan fingerprint density at radius 2 is 2.27 bits per heavy atom. The minimum atomic E-state index is -0.293. The molecule has 2 N–H and O–H groups in total. The van der Waals surface area contributed by atoms with Crippen LogP contribution in [0.2, 0.25) is 0 Å². The highest BCUT2D eigenvalue weighted by Crippen LogP contribution is 2.23. The van der Waals surface area contributed by atoms with E-state index in [0.29, 0.717) is 6.42 Å². The standard InChI is InChI=1S/C11H13N3O/c12-11(15)10-3-1-2-8-14(10)9-4-6-13-7-5-9/h4-7,10H,2-3,8H2,(H2,12,15). The summed E-state index contributed by atoms with van der Waals surface area (Å²) in [5, 5.41) is 0. The maximum absolute atomic E-state index is 11.3. The molecule has 0 spiro atoms. The van der Waals surface area contributed by atoms with Crippen molar-refractivity contribution in [2.75, 3.05) is 11.4 Å². The Morgan fingerprint density at radius 1 is 1.53 bits per heavy atom. The normalized spacial score (nSPS) is 21.3. The number of nitrogens with two attached hydrogens (primary N) is 1. The molecule has 1 amide bonds. The summed E-state index contributed by atoms with van der Waals surface area (Å²) >= 11 is 0. The highest BCUT2D eigenvalue weighted by molar-refractivity contribution is 5.84. The predicted molar refractivity (Wildman–Crippen MR) is 57.0 cm³/mol. The summed E-state index contributed by atoms with van der Waals surface area (Å²) in [6.07, 6.45) is 8.07. The summed E-state index contributed by atoms with van der Waals surface area (Å²) in [5.41, 5.74) is 6.35. The number of primary amides is 1. The summed E-state index contributed by atoms with van der Waals surface area (Å²) in [5.74, 6) is -0.293. The minimum Gasteiger partial charge on any atom is -0.368 e. The molecule has 0 aromatic carbocycles. The predicted octanol–water partition coefficient (Wildman–Crippen LogP) is 0.617. The van der Waals surface area contributed by atoms with Gasteiger partial charge >= 0.3 is 0 Å². The second kappa shape index (κ2) is 4.29. The highest BCUT2D eigenvalue weighted by Gasteiger charge is 2.27. The molecule has 1 fully saturated rings. The van der Waals surface area contributed by atoms with Crippen LogP contribution in [0.3, 0.4) is 0 Å². The minimum absolute atomic E-state index is 0.263. The van der Waals surface area contributed by atoms with Crippen LogP contribution >= 0.6 is 0 Å². The number of hydrogen-bond donors (Lipinski definition) is 1. The second-order valence-electron chi connectivity index (χ2n) is 3.52. The molecule has 2 heterocycles. The molecule has 4 nitrogen and oxygen atoms in total. The number of nitrogens with zero attached hydrogens (tertiary/aromatic N) is 2. The topological polar surface area (TPSA) is 59.2 Å². The zero-order chi connectivity index (χ0) is 10.7. The zero-order valence-electron chi connectivity index (χ0n) is 8.39. The number of piperidine rings is 1. The summed E-state index contributed by atoms with van der Waals surface area (Å²) < 4.78 is 0. The maximum Gasteiger partial charge on any atom is 0.240 e. The van der Waals surface area contributed by atoms with Gasteiger partial charge in [0, 0.05) is 24.6 Å². The van der Waals surface area contributed by atoms with Crippen molar-refractivity contribution in [3.8, 4) is 0 Å². The lowest BCUT2D eigenvalue weighted by Crippen LogP contribution is -2.48. The first-order valence-corrected chi connectivity index (χ1v) is 4.96. The van der Waals surface area contributed by atoms with Gasteiger partial charge in [0.25, 0.3) is 0 Å². The van der Waals surface area contributed by atoms with Gasteiger partial charge in [-0.05, 0) is 31.4 Å². The number of pyridine rings is 1. The van der Waals surface area contributed by atoms with Gasteiger partial charge in [0.15, 0.2) is 0 Å². The molecule has 1 atom stereocenters. The Hall–Kier alpha value is -1.58. The van der Waals surface area contributed by atoms with Crippen molar-refractivity contribution in [3.63, 3.8) is 0 Å². The van der Waals surface area contributed by atoms with E-state index >= 15 is 0 Å². The van der Waals surface area contributed by atoms with Gasteiger partial charge in [0.1, 0.15) is 6.04 Å². The first-order valence-electron chi connectivity index (χ1n) is 4.96. The second-order valence-corrected chi connectivity index (χ2v) is 3.52. The zero-order valence-corrected chi connectivity index (χ0v) is 8.39. The molecular formula is C11H13N3O. The molecule has 1 aromatic heterocycles. The van der Waals surface area contributed by atoms with Crippen molar-refractivity contribution in [1.82, 2.24) is 4.98 Å². The molecule has 78 valence electrons. The van der Waals surface area contributed by atoms with Crippen molar-refractivity contribution in [1.29, 1.82) is 0 Å². The molecule has 2 radical (unpaired) electrons. The maximum atomic E-state index is 11.3. The summed E-state index contributed by atoms with van der Waals surface area (Å²) in [7, 11) is 0. The number of anilines is 1. The van der Waals surface area contributed by atoms with E-state index in [1.165, 1.54) is 0 Å². The molecule has 0 bridgehead atoms. The Labute approximate surface area is 89.1 Å². The fourth-order valence-electron chi connectivity index (χ4n) is 1.80. The third-order valence-corrected chi connectivity index (χ3v) is 2.57. The Morgan fingerprint density at radius 3 is 2.93 bits per heavy atom. The molecule has 1 aliphatic heterocycles. The van der Waals surface area contributed by atoms with Gasteiger partial charge in [-0.1, -0.05) is 0 Å². The molecule has 2 rings (SSSR count). The van der Waals surface area contributed by atoms with Crippen LogP contribution in [0.4, 0.5) is 5.69 Å². The number of carbonyl (C=O) groups excluding carboxylic acids is 1. The highest BCUT2D eigenvalue weighted by atomic mass is 16.1. The molecule has 4 heteroatoms. The van der Waals surface area contributed by atoms with Crippen molar-refractivity contribution in [2.24, 2.45) is 5.73 Å². The molecule has 1 aromatic rings. The average molecular weight is 203 g/mol. The number of carbonyl (C=O) groups is 1. The lowest BCUT2D eigenvalue weighted by atomic mass is 10.0. The van der Waals surface area contributed by atoms with Gasteiger partial charge in [-0.2, -0.15) is 0 Å². The van der Waals surface area contributed by atoms with Crippen LogP contribution in [-0.4, -0.2) is 23.5 Å². The molecule has 1 unspecified atom stereocenters. The van der Waals surface area contributed by atoms with E-state index < -0.39 is 0 Å². The number of amides is 1. The number of hydrogen-bond acceptors (Lipinski definition) is 3. The van der Waals surface area contributed by atoms with E-state index in [9.17, 15) is 4.79 Å². The van der Waals surface area contributed by atoms with Crippen LogP contribution in [0.15, 0.2) is 24.5 Å². The summed E-state index contributed by atoms with van der Waals surface area (Å²) in [4.78, 5) is 17.2. The SMILES string of the molecule is NC(=O)C1C[C]CCN1c1ccncc1. The van der Waals surface area contributed by atoms with E-state index in [1.54, 1.807) is 12.4 Å². The van der Waals surface area contributed by atoms with Crippen molar-refractivity contribution >= 4 is 11.6 Å². The third-order valence-electron chi connectivity index (χ3n) is 2.57.